The van der Waals surface area contributed by atoms with Gasteiger partial charge in [0.1, 0.15) is 0 Å². The first-order valence-electron chi connectivity index (χ1n) is 18.2. The van der Waals surface area contributed by atoms with Crippen LogP contribution in [0.3, 0.4) is 0 Å². The van der Waals surface area contributed by atoms with Crippen LogP contribution in [0.1, 0.15) is 22.3 Å². The molecule has 10 aromatic rings. The summed E-state index contributed by atoms with van der Waals surface area (Å²) in [4.78, 5) is 15.5. The number of hydrogen-bond donors (Lipinski definition) is 0. The summed E-state index contributed by atoms with van der Waals surface area (Å²) in [5.41, 5.74) is 13.1. The Balaban J connectivity index is 1.24. The molecular formula is C50H29N3. The Bertz CT molecular complexity index is 3010. The molecule has 0 saturated carbocycles. The molecule has 2 aliphatic rings. The van der Waals surface area contributed by atoms with Crippen LogP contribution in [-0.4, -0.2) is 15.0 Å². The summed E-state index contributed by atoms with van der Waals surface area (Å²) in [6.07, 6.45) is 0. The summed E-state index contributed by atoms with van der Waals surface area (Å²) in [5, 5.41) is 7.41. The lowest BCUT2D eigenvalue weighted by atomic mass is 9.68. The summed E-state index contributed by atoms with van der Waals surface area (Å²) in [6.45, 7) is 0. The molecule has 0 N–H and O–H groups in total. The minimum Gasteiger partial charge on any atom is -0.208 e. The van der Waals surface area contributed by atoms with Crippen LogP contribution >= 0.6 is 0 Å². The van der Waals surface area contributed by atoms with E-state index in [1.54, 1.807) is 0 Å². The SMILES string of the molecule is c1ccc(-c2nc(-c3ccccc3)nc(-c3cc4cccc5c6c(c7cccc3c7c45)C3(c4ccccc4-c4ccccc43)c3ccccc3-6)n2)cc1. The molecule has 1 heterocycles. The van der Waals surface area contributed by atoms with E-state index in [0.29, 0.717) is 17.5 Å². The summed E-state index contributed by atoms with van der Waals surface area (Å²) in [6, 6.07) is 63.6. The van der Waals surface area contributed by atoms with E-state index in [-0.39, 0.29) is 0 Å². The normalized spacial score (nSPS) is 13.4. The van der Waals surface area contributed by atoms with Crippen LogP contribution in [0.25, 0.3) is 88.7 Å². The zero-order valence-electron chi connectivity index (χ0n) is 28.6. The minimum atomic E-state index is -0.461. The maximum atomic E-state index is 5.22. The fourth-order valence-electron chi connectivity index (χ4n) is 9.68. The fraction of sp³-hybridized carbons (Fsp3) is 0.0200. The first-order valence-corrected chi connectivity index (χ1v) is 18.2. The number of aromatic nitrogens is 3. The van der Waals surface area contributed by atoms with Gasteiger partial charge in [0.2, 0.25) is 0 Å². The molecule has 2 aliphatic carbocycles. The summed E-state index contributed by atoms with van der Waals surface area (Å²) in [7, 11) is 0. The van der Waals surface area contributed by atoms with E-state index < -0.39 is 5.41 Å². The molecule has 3 nitrogen and oxygen atoms in total. The van der Waals surface area contributed by atoms with Crippen LogP contribution in [0.5, 0.6) is 0 Å². The third kappa shape index (κ3) is 3.70. The van der Waals surface area contributed by atoms with Crippen LogP contribution < -0.4 is 0 Å². The molecule has 1 spiro atoms. The van der Waals surface area contributed by atoms with E-state index in [2.05, 4.69) is 140 Å². The van der Waals surface area contributed by atoms with E-state index in [9.17, 15) is 0 Å². The number of hydrogen-bond acceptors (Lipinski definition) is 3. The Kier molecular flexibility index (Phi) is 5.70. The van der Waals surface area contributed by atoms with Gasteiger partial charge in [-0.2, -0.15) is 0 Å². The Labute approximate surface area is 306 Å². The molecular weight excluding hydrogens is 643 g/mol. The summed E-state index contributed by atoms with van der Waals surface area (Å²) < 4.78 is 0. The highest BCUT2D eigenvalue weighted by molar-refractivity contribution is 6.31. The highest BCUT2D eigenvalue weighted by Gasteiger charge is 2.53. The maximum Gasteiger partial charge on any atom is 0.164 e. The molecule has 0 saturated heterocycles. The maximum absolute atomic E-state index is 5.22. The van der Waals surface area contributed by atoms with Gasteiger partial charge in [0.25, 0.3) is 0 Å². The molecule has 0 amide bonds. The number of benzene rings is 9. The molecule has 1 aromatic heterocycles. The van der Waals surface area contributed by atoms with Crippen molar-refractivity contribution in [2.75, 3.05) is 0 Å². The van der Waals surface area contributed by atoms with Crippen LogP contribution in [0, 0.1) is 0 Å². The lowest BCUT2D eigenvalue weighted by molar-refractivity contribution is 0.802. The van der Waals surface area contributed by atoms with Gasteiger partial charge < -0.3 is 0 Å². The van der Waals surface area contributed by atoms with Crippen LogP contribution in [-0.2, 0) is 5.41 Å². The largest absolute Gasteiger partial charge is 0.208 e. The molecule has 3 heteroatoms. The predicted octanol–water partition coefficient (Wildman–Crippen LogP) is 12.1. The van der Waals surface area contributed by atoms with Gasteiger partial charge in [-0.15, -0.1) is 0 Å². The predicted molar refractivity (Wildman–Crippen MR) is 216 cm³/mol. The van der Waals surface area contributed by atoms with Crippen molar-refractivity contribution in [3.05, 3.63) is 198 Å². The highest BCUT2D eigenvalue weighted by Crippen LogP contribution is 2.65. The van der Waals surface area contributed by atoms with E-state index >= 15 is 0 Å². The van der Waals surface area contributed by atoms with Gasteiger partial charge >= 0.3 is 0 Å². The average Bonchev–Trinajstić information content (AvgIpc) is 3.71. The van der Waals surface area contributed by atoms with Gasteiger partial charge in [0, 0.05) is 16.7 Å². The lowest BCUT2D eigenvalue weighted by Crippen LogP contribution is -2.26. The summed E-state index contributed by atoms with van der Waals surface area (Å²) in [5.74, 6) is 1.99. The van der Waals surface area contributed by atoms with Crippen LogP contribution in [0.2, 0.25) is 0 Å². The van der Waals surface area contributed by atoms with E-state index in [1.165, 1.54) is 71.4 Å². The number of nitrogens with zero attached hydrogens (tertiary/aromatic N) is 3. The monoisotopic (exact) mass is 671 g/mol. The van der Waals surface area contributed by atoms with Crippen molar-refractivity contribution in [3.8, 4) is 56.4 Å². The second-order valence-corrected chi connectivity index (χ2v) is 14.2. The molecule has 53 heavy (non-hydrogen) atoms. The second kappa shape index (κ2) is 10.5. The van der Waals surface area contributed by atoms with Gasteiger partial charge in [-0.1, -0.05) is 170 Å². The third-order valence-electron chi connectivity index (χ3n) is 11.7. The quantitative estimate of drug-likeness (QED) is 0.176. The number of fused-ring (bicyclic) bond motifs is 12. The Morgan fingerprint density at radius 2 is 0.830 bits per heavy atom. The van der Waals surface area contributed by atoms with E-state index in [0.717, 1.165) is 22.1 Å². The summed E-state index contributed by atoms with van der Waals surface area (Å²) >= 11 is 0. The first-order chi connectivity index (χ1) is 26.3. The van der Waals surface area contributed by atoms with Crippen molar-refractivity contribution in [2.45, 2.75) is 5.41 Å². The van der Waals surface area contributed by atoms with E-state index in [1.807, 2.05) is 36.4 Å². The molecule has 0 aliphatic heterocycles. The van der Waals surface area contributed by atoms with E-state index in [4.69, 9.17) is 15.0 Å². The molecule has 9 aromatic carbocycles. The molecule has 244 valence electrons. The Hall–Kier alpha value is -6.97. The lowest BCUT2D eigenvalue weighted by Gasteiger charge is -2.32. The van der Waals surface area contributed by atoms with Crippen molar-refractivity contribution >= 4 is 32.3 Å². The molecule has 12 rings (SSSR count). The Morgan fingerprint density at radius 3 is 1.47 bits per heavy atom. The standard InChI is InChI=1S/C50H29N3/c1-3-15-30(16-4-1)47-51-48(31-17-5-2-6-18-31)53-49(52-47)39-29-32-19-13-24-37-43(32)44-35(39)23-14-25-38(44)46-45(37)36-22-9-12-28-42(36)50(46)40-26-10-7-20-33(40)34-21-8-11-27-41(34)50/h1-29H. The zero-order chi connectivity index (χ0) is 34.7. The van der Waals surface area contributed by atoms with Crippen LogP contribution in [0.15, 0.2) is 176 Å². The molecule has 0 unspecified atom stereocenters. The topological polar surface area (TPSA) is 38.7 Å². The second-order valence-electron chi connectivity index (χ2n) is 14.2. The van der Waals surface area contributed by atoms with Crippen molar-refractivity contribution in [3.63, 3.8) is 0 Å². The van der Waals surface area contributed by atoms with Gasteiger partial charge in [-0.3, -0.25) is 0 Å². The Morgan fingerprint density at radius 1 is 0.340 bits per heavy atom. The number of rotatable bonds is 3. The fourth-order valence-corrected chi connectivity index (χ4v) is 9.68. The zero-order valence-corrected chi connectivity index (χ0v) is 28.6. The highest BCUT2D eigenvalue weighted by atomic mass is 15.0. The van der Waals surface area contributed by atoms with Gasteiger partial charge in [0.05, 0.1) is 5.41 Å². The first kappa shape index (κ1) is 28.7. The van der Waals surface area contributed by atoms with Crippen molar-refractivity contribution < 1.29 is 0 Å². The van der Waals surface area contributed by atoms with Gasteiger partial charge in [-0.25, -0.2) is 15.0 Å². The van der Waals surface area contributed by atoms with Crippen LogP contribution in [0.4, 0.5) is 0 Å². The van der Waals surface area contributed by atoms with Crippen molar-refractivity contribution in [1.82, 2.24) is 15.0 Å². The van der Waals surface area contributed by atoms with Gasteiger partial charge in [-0.05, 0) is 82.9 Å². The molecule has 0 fully saturated rings. The molecule has 0 atom stereocenters. The van der Waals surface area contributed by atoms with Crippen molar-refractivity contribution in [2.24, 2.45) is 0 Å². The van der Waals surface area contributed by atoms with Crippen molar-refractivity contribution in [1.29, 1.82) is 0 Å². The third-order valence-corrected chi connectivity index (χ3v) is 11.7. The molecule has 0 radical (unpaired) electrons. The minimum absolute atomic E-state index is 0.461. The van der Waals surface area contributed by atoms with Gasteiger partial charge in [0.15, 0.2) is 17.5 Å². The smallest absolute Gasteiger partial charge is 0.164 e. The molecule has 0 bridgehead atoms. The average molecular weight is 672 g/mol.